The molecule has 0 saturated carbocycles. The number of carbonyl (C=O) groups is 2. The lowest BCUT2D eigenvalue weighted by atomic mass is 10.0. The molecule has 3 aromatic carbocycles. The van der Waals surface area contributed by atoms with Crippen LogP contribution in [0.25, 0.3) is 0 Å². The van der Waals surface area contributed by atoms with E-state index in [1.807, 2.05) is 30.3 Å². The minimum absolute atomic E-state index is 0.134. The Morgan fingerprint density at radius 2 is 1.52 bits per heavy atom. The van der Waals surface area contributed by atoms with Gasteiger partial charge >= 0.3 is 5.97 Å². The van der Waals surface area contributed by atoms with Gasteiger partial charge in [-0.2, -0.15) is 0 Å². The zero-order chi connectivity index (χ0) is 22.4. The summed E-state index contributed by atoms with van der Waals surface area (Å²) in [6.07, 6.45) is -0.134. The Labute approximate surface area is 176 Å². The molecule has 0 radical (unpaired) electrons. The van der Waals surface area contributed by atoms with Gasteiger partial charge in [0, 0.05) is 18.6 Å². The second-order valence-corrected chi connectivity index (χ2v) is 6.73. The van der Waals surface area contributed by atoms with Gasteiger partial charge in [-0.05, 0) is 23.3 Å². The van der Waals surface area contributed by atoms with Gasteiger partial charge in [-0.3, -0.25) is 4.79 Å². The molecule has 0 aromatic heterocycles. The van der Waals surface area contributed by atoms with E-state index < -0.39 is 40.9 Å². The van der Waals surface area contributed by atoms with Crippen molar-refractivity contribution in [1.29, 1.82) is 0 Å². The number of carbonyl (C=O) groups excluding carboxylic acids is 1. The van der Waals surface area contributed by atoms with Crippen LogP contribution in [0.5, 0.6) is 5.75 Å². The molecule has 0 saturated heterocycles. The van der Waals surface area contributed by atoms with E-state index in [2.05, 4.69) is 5.32 Å². The van der Waals surface area contributed by atoms with E-state index in [0.29, 0.717) is 30.1 Å². The van der Waals surface area contributed by atoms with Gasteiger partial charge in [0.05, 0.1) is 0 Å². The van der Waals surface area contributed by atoms with E-state index in [9.17, 15) is 27.9 Å². The van der Waals surface area contributed by atoms with E-state index >= 15 is 0 Å². The Hall–Kier alpha value is -3.81. The van der Waals surface area contributed by atoms with Gasteiger partial charge in [0.1, 0.15) is 41.4 Å². The third-order valence-electron chi connectivity index (χ3n) is 4.45. The van der Waals surface area contributed by atoms with Crippen molar-refractivity contribution >= 4 is 11.9 Å². The van der Waals surface area contributed by atoms with E-state index in [0.717, 1.165) is 5.56 Å². The quantitative estimate of drug-likeness (QED) is 0.565. The van der Waals surface area contributed by atoms with Crippen LogP contribution in [0.15, 0.2) is 66.7 Å². The fraction of sp³-hybridized carbons (Fsp3) is 0.130. The third-order valence-corrected chi connectivity index (χ3v) is 4.45. The highest BCUT2D eigenvalue weighted by molar-refractivity contribution is 5.97. The molecule has 2 N–H and O–H groups in total. The second kappa shape index (κ2) is 9.80. The fourth-order valence-corrected chi connectivity index (χ4v) is 2.89. The van der Waals surface area contributed by atoms with Crippen LogP contribution in [-0.4, -0.2) is 23.0 Å². The second-order valence-electron chi connectivity index (χ2n) is 6.73. The van der Waals surface area contributed by atoms with Crippen LogP contribution >= 0.6 is 0 Å². The highest BCUT2D eigenvalue weighted by Gasteiger charge is 2.25. The van der Waals surface area contributed by atoms with Crippen molar-refractivity contribution in [2.45, 2.75) is 19.1 Å². The predicted molar refractivity (Wildman–Crippen MR) is 106 cm³/mol. The molecule has 0 heterocycles. The number of nitrogens with one attached hydrogen (secondary N) is 1. The molecule has 31 heavy (non-hydrogen) atoms. The van der Waals surface area contributed by atoms with Crippen LogP contribution in [0, 0.1) is 17.5 Å². The summed E-state index contributed by atoms with van der Waals surface area (Å²) in [4.78, 5) is 23.7. The van der Waals surface area contributed by atoms with Gasteiger partial charge in [0.2, 0.25) is 0 Å². The summed E-state index contributed by atoms with van der Waals surface area (Å²) in [5, 5.41) is 11.5. The topological polar surface area (TPSA) is 75.6 Å². The number of aliphatic carboxylic acids is 1. The molecule has 0 aliphatic carbocycles. The van der Waals surface area contributed by atoms with E-state index in [1.165, 1.54) is 0 Å². The average molecular weight is 429 g/mol. The number of carboxylic acids is 1. The van der Waals surface area contributed by atoms with Crippen LogP contribution in [0.4, 0.5) is 13.2 Å². The molecule has 0 spiro atoms. The maximum absolute atomic E-state index is 13.8. The highest BCUT2D eigenvalue weighted by atomic mass is 19.1. The van der Waals surface area contributed by atoms with Crippen molar-refractivity contribution in [1.82, 2.24) is 5.32 Å². The largest absolute Gasteiger partial charge is 0.489 e. The Morgan fingerprint density at radius 3 is 2.10 bits per heavy atom. The summed E-state index contributed by atoms with van der Waals surface area (Å²) < 4.78 is 46.2. The maximum Gasteiger partial charge on any atom is 0.326 e. The Balaban J connectivity index is 1.65. The Kier molecular flexibility index (Phi) is 6.92. The summed E-state index contributed by atoms with van der Waals surface area (Å²) in [7, 11) is 0. The van der Waals surface area contributed by atoms with E-state index in [-0.39, 0.29) is 6.42 Å². The fourth-order valence-electron chi connectivity index (χ4n) is 2.89. The Morgan fingerprint density at radius 1 is 0.903 bits per heavy atom. The smallest absolute Gasteiger partial charge is 0.326 e. The van der Waals surface area contributed by atoms with Gasteiger partial charge in [0.25, 0.3) is 5.91 Å². The van der Waals surface area contributed by atoms with Crippen LogP contribution in [0.2, 0.25) is 0 Å². The summed E-state index contributed by atoms with van der Waals surface area (Å²) in [5.41, 5.74) is 0.498. The summed E-state index contributed by atoms with van der Waals surface area (Å²) in [5.74, 6) is -6.13. The molecule has 1 amide bonds. The average Bonchev–Trinajstić information content (AvgIpc) is 2.72. The van der Waals surface area contributed by atoms with Crippen molar-refractivity contribution < 1.29 is 32.6 Å². The molecular weight excluding hydrogens is 411 g/mol. The van der Waals surface area contributed by atoms with Gasteiger partial charge < -0.3 is 15.2 Å². The summed E-state index contributed by atoms with van der Waals surface area (Å²) in [6.45, 7) is 0.364. The summed E-state index contributed by atoms with van der Waals surface area (Å²) >= 11 is 0. The maximum atomic E-state index is 13.8. The first-order valence-electron chi connectivity index (χ1n) is 9.27. The molecule has 0 aliphatic heterocycles. The number of amides is 1. The summed E-state index contributed by atoms with van der Waals surface area (Å²) in [6, 6.07) is 15.3. The predicted octanol–water partition coefficient (Wildman–Crippen LogP) is 4.11. The van der Waals surface area contributed by atoms with Crippen molar-refractivity contribution in [3.05, 3.63) is 101 Å². The number of ether oxygens (including phenoxy) is 1. The first kappa shape index (κ1) is 21.9. The first-order chi connectivity index (χ1) is 14.8. The third kappa shape index (κ3) is 5.85. The molecule has 160 valence electrons. The molecule has 0 unspecified atom stereocenters. The number of benzene rings is 3. The standard InChI is InChI=1S/C23H18F3NO4/c24-16-11-18(25)21(19(26)12-16)22(28)27-20(23(29)30)10-14-6-8-17(9-7-14)31-13-15-4-2-1-3-5-15/h1-9,11-12,20H,10,13H2,(H,27,28)(H,29,30)/t20-/m0/s1. The normalized spacial score (nSPS) is 11.6. The zero-order valence-electron chi connectivity index (χ0n) is 16.1. The number of halogens is 3. The van der Waals surface area contributed by atoms with Crippen LogP contribution in [0.1, 0.15) is 21.5 Å². The lowest BCUT2D eigenvalue weighted by Gasteiger charge is -2.16. The van der Waals surface area contributed by atoms with Crippen molar-refractivity contribution in [3.8, 4) is 5.75 Å². The van der Waals surface area contributed by atoms with Crippen molar-refractivity contribution in [3.63, 3.8) is 0 Å². The number of hydrogen-bond acceptors (Lipinski definition) is 3. The molecule has 0 bridgehead atoms. The van der Waals surface area contributed by atoms with Crippen molar-refractivity contribution in [2.75, 3.05) is 0 Å². The molecule has 1 atom stereocenters. The molecule has 0 aliphatic rings. The van der Waals surface area contributed by atoms with Crippen molar-refractivity contribution in [2.24, 2.45) is 0 Å². The van der Waals surface area contributed by atoms with Gasteiger partial charge in [-0.1, -0.05) is 42.5 Å². The van der Waals surface area contributed by atoms with Crippen LogP contribution < -0.4 is 10.1 Å². The van der Waals surface area contributed by atoms with Gasteiger partial charge in [-0.25, -0.2) is 18.0 Å². The first-order valence-corrected chi connectivity index (χ1v) is 9.27. The monoisotopic (exact) mass is 429 g/mol. The SMILES string of the molecule is O=C(N[C@@H](Cc1ccc(OCc2ccccc2)cc1)C(=O)O)c1c(F)cc(F)cc1F. The zero-order valence-corrected chi connectivity index (χ0v) is 16.1. The molecule has 3 aromatic rings. The number of rotatable bonds is 8. The molecule has 8 heteroatoms. The van der Waals surface area contributed by atoms with Gasteiger partial charge in [-0.15, -0.1) is 0 Å². The van der Waals surface area contributed by atoms with E-state index in [1.54, 1.807) is 24.3 Å². The number of hydrogen-bond donors (Lipinski definition) is 2. The van der Waals surface area contributed by atoms with Gasteiger partial charge in [0.15, 0.2) is 0 Å². The van der Waals surface area contributed by atoms with Crippen LogP contribution in [-0.2, 0) is 17.8 Å². The lowest BCUT2D eigenvalue weighted by Crippen LogP contribution is -2.43. The minimum atomic E-state index is -1.45. The lowest BCUT2D eigenvalue weighted by molar-refractivity contribution is -0.139. The van der Waals surface area contributed by atoms with Crippen LogP contribution in [0.3, 0.4) is 0 Å². The minimum Gasteiger partial charge on any atom is -0.489 e. The molecular formula is C23H18F3NO4. The molecule has 0 fully saturated rings. The molecule has 5 nitrogen and oxygen atoms in total. The Bertz CT molecular complexity index is 1050. The van der Waals surface area contributed by atoms with E-state index in [4.69, 9.17) is 4.74 Å². The highest BCUT2D eigenvalue weighted by Crippen LogP contribution is 2.17. The molecule has 3 rings (SSSR count). The number of carboxylic acid groups (broad SMARTS) is 1.